The maximum atomic E-state index is 12.9. The van der Waals surface area contributed by atoms with Crippen LogP contribution < -0.4 is 4.72 Å². The smallest absolute Gasteiger partial charge is 0.283 e. The molecule has 30 heavy (non-hydrogen) atoms. The fourth-order valence-corrected chi connectivity index (χ4v) is 4.95. The van der Waals surface area contributed by atoms with Crippen molar-refractivity contribution in [2.24, 2.45) is 0 Å². The lowest BCUT2D eigenvalue weighted by Crippen LogP contribution is -2.32. The fraction of sp³-hybridized carbons (Fsp3) is 0.150. The second-order valence-corrected chi connectivity index (χ2v) is 8.72. The summed E-state index contributed by atoms with van der Waals surface area (Å²) in [5, 5.41) is 3.90. The van der Waals surface area contributed by atoms with Gasteiger partial charge in [-0.1, -0.05) is 48.0 Å². The quantitative estimate of drug-likeness (QED) is 0.511. The number of nitrogens with one attached hydrogen (secondary N) is 1. The number of rotatable bonds is 5. The first kappa shape index (κ1) is 20.1. The lowest BCUT2D eigenvalue weighted by Gasteiger charge is -2.08. The summed E-state index contributed by atoms with van der Waals surface area (Å²) in [4.78, 5) is 16.9. The van der Waals surface area contributed by atoms with Crippen molar-refractivity contribution < 1.29 is 13.2 Å². The van der Waals surface area contributed by atoms with Crippen LogP contribution in [0.1, 0.15) is 27.3 Å². The zero-order valence-corrected chi connectivity index (χ0v) is 17.8. The highest BCUT2D eigenvalue weighted by Gasteiger charge is 2.29. The molecule has 0 aliphatic carbocycles. The summed E-state index contributed by atoms with van der Waals surface area (Å²) in [7, 11) is -4.27. The molecule has 1 aromatic carbocycles. The Kier molecular flexibility index (Phi) is 5.08. The van der Waals surface area contributed by atoms with Crippen LogP contribution in [0.4, 0.5) is 0 Å². The molecule has 1 N–H and O–H groups in total. The number of amides is 1. The van der Waals surface area contributed by atoms with E-state index >= 15 is 0 Å². The second-order valence-electron chi connectivity index (χ2n) is 6.76. The van der Waals surface area contributed by atoms with Gasteiger partial charge in [-0.25, -0.2) is 9.71 Å². The number of aromatic nitrogens is 4. The van der Waals surface area contributed by atoms with E-state index in [0.717, 1.165) is 5.56 Å². The molecule has 3 heterocycles. The standard InChI is InChI=1S/C20H18ClN5O3S/c1-13-17(14(2)26(23-13)12-15-8-4-3-5-9-15)19(27)24-30(28,29)20-18(21)22-16-10-6-7-11-25(16)20/h3-11H,12H2,1-2H3,(H,24,27). The highest BCUT2D eigenvalue weighted by atomic mass is 35.5. The predicted octanol–water partition coefficient (Wildman–Crippen LogP) is 2.97. The zero-order valence-electron chi connectivity index (χ0n) is 16.2. The number of benzene rings is 1. The van der Waals surface area contributed by atoms with Gasteiger partial charge < -0.3 is 0 Å². The van der Waals surface area contributed by atoms with Crippen molar-refractivity contribution in [3.63, 3.8) is 0 Å². The molecule has 0 spiro atoms. The SMILES string of the molecule is Cc1nn(Cc2ccccc2)c(C)c1C(=O)NS(=O)(=O)c1c(Cl)nc2ccccn12. The Morgan fingerprint density at radius 2 is 1.80 bits per heavy atom. The minimum Gasteiger partial charge on any atom is -0.288 e. The van der Waals surface area contributed by atoms with E-state index in [0.29, 0.717) is 23.6 Å². The number of nitrogens with zero attached hydrogens (tertiary/aromatic N) is 4. The van der Waals surface area contributed by atoms with Crippen LogP contribution in [0, 0.1) is 13.8 Å². The normalized spacial score (nSPS) is 11.7. The van der Waals surface area contributed by atoms with Crippen LogP contribution in [0.2, 0.25) is 5.15 Å². The monoisotopic (exact) mass is 443 g/mol. The van der Waals surface area contributed by atoms with Crippen molar-refractivity contribution in [1.82, 2.24) is 23.9 Å². The van der Waals surface area contributed by atoms with E-state index in [4.69, 9.17) is 11.6 Å². The summed E-state index contributed by atoms with van der Waals surface area (Å²) >= 11 is 6.06. The number of hydrogen-bond donors (Lipinski definition) is 1. The Hall–Kier alpha value is -3.17. The number of pyridine rings is 1. The van der Waals surface area contributed by atoms with E-state index < -0.39 is 15.9 Å². The number of hydrogen-bond acceptors (Lipinski definition) is 5. The van der Waals surface area contributed by atoms with E-state index in [2.05, 4.69) is 14.8 Å². The highest BCUT2D eigenvalue weighted by molar-refractivity contribution is 7.90. The Balaban J connectivity index is 1.66. The first-order chi connectivity index (χ1) is 14.3. The van der Waals surface area contributed by atoms with E-state index in [1.165, 1.54) is 10.6 Å². The highest BCUT2D eigenvalue weighted by Crippen LogP contribution is 2.23. The van der Waals surface area contributed by atoms with Gasteiger partial charge in [-0.05, 0) is 31.5 Å². The van der Waals surface area contributed by atoms with Gasteiger partial charge in [0.05, 0.1) is 17.8 Å². The fourth-order valence-electron chi connectivity index (χ4n) is 3.34. The van der Waals surface area contributed by atoms with Gasteiger partial charge in [-0.2, -0.15) is 13.5 Å². The van der Waals surface area contributed by atoms with Crippen molar-refractivity contribution in [3.05, 3.63) is 82.4 Å². The lowest BCUT2D eigenvalue weighted by atomic mass is 10.2. The molecule has 0 bridgehead atoms. The Bertz CT molecular complexity index is 1360. The number of sulfonamides is 1. The summed E-state index contributed by atoms with van der Waals surface area (Å²) in [5.41, 5.74) is 2.58. The zero-order chi connectivity index (χ0) is 21.5. The third kappa shape index (κ3) is 3.57. The van der Waals surface area contributed by atoms with Crippen LogP contribution in [0.15, 0.2) is 59.8 Å². The Morgan fingerprint density at radius 3 is 2.53 bits per heavy atom. The van der Waals surface area contributed by atoms with Gasteiger partial charge in [0.25, 0.3) is 15.9 Å². The molecule has 0 aliphatic heterocycles. The first-order valence-corrected chi connectivity index (χ1v) is 10.9. The number of halogens is 1. The molecule has 0 radical (unpaired) electrons. The average molecular weight is 444 g/mol. The van der Waals surface area contributed by atoms with E-state index in [1.54, 1.807) is 36.7 Å². The van der Waals surface area contributed by atoms with Gasteiger partial charge in [-0.15, -0.1) is 0 Å². The molecule has 0 saturated carbocycles. The van der Waals surface area contributed by atoms with Crippen molar-refractivity contribution in [3.8, 4) is 0 Å². The van der Waals surface area contributed by atoms with Crippen molar-refractivity contribution in [1.29, 1.82) is 0 Å². The van der Waals surface area contributed by atoms with Gasteiger partial charge in [0.1, 0.15) is 5.65 Å². The topological polar surface area (TPSA) is 98.4 Å². The summed E-state index contributed by atoms with van der Waals surface area (Å²) in [6.45, 7) is 3.86. The number of aryl methyl sites for hydroxylation is 1. The summed E-state index contributed by atoms with van der Waals surface area (Å²) in [5.74, 6) is -0.772. The molecular formula is C20H18ClN5O3S. The van der Waals surface area contributed by atoms with Crippen molar-refractivity contribution >= 4 is 33.2 Å². The van der Waals surface area contributed by atoms with E-state index in [-0.39, 0.29) is 15.7 Å². The number of carbonyl (C=O) groups excluding carboxylic acids is 1. The third-order valence-corrected chi connectivity index (χ3v) is 6.44. The van der Waals surface area contributed by atoms with Crippen LogP contribution in [-0.2, 0) is 16.6 Å². The molecule has 0 saturated heterocycles. The van der Waals surface area contributed by atoms with Crippen molar-refractivity contribution in [2.45, 2.75) is 25.4 Å². The predicted molar refractivity (Wildman–Crippen MR) is 112 cm³/mol. The summed E-state index contributed by atoms with van der Waals surface area (Å²) in [6.07, 6.45) is 1.52. The number of imidazole rings is 1. The minimum absolute atomic E-state index is 0.208. The van der Waals surface area contributed by atoms with Gasteiger partial charge >= 0.3 is 0 Å². The van der Waals surface area contributed by atoms with Gasteiger partial charge in [0.15, 0.2) is 10.2 Å². The van der Waals surface area contributed by atoms with Crippen LogP contribution in [0.3, 0.4) is 0 Å². The largest absolute Gasteiger partial charge is 0.288 e. The Morgan fingerprint density at radius 1 is 1.10 bits per heavy atom. The molecule has 8 nitrogen and oxygen atoms in total. The maximum Gasteiger partial charge on any atom is 0.283 e. The number of fused-ring (bicyclic) bond motifs is 1. The van der Waals surface area contributed by atoms with Crippen LogP contribution in [0.25, 0.3) is 5.65 Å². The van der Waals surface area contributed by atoms with Crippen LogP contribution >= 0.6 is 11.6 Å². The molecule has 10 heteroatoms. The summed E-state index contributed by atoms with van der Waals surface area (Å²) < 4.78 is 30.9. The average Bonchev–Trinajstić information content (AvgIpc) is 3.17. The molecular weight excluding hydrogens is 426 g/mol. The molecule has 0 unspecified atom stereocenters. The van der Waals surface area contributed by atoms with E-state index in [9.17, 15) is 13.2 Å². The van der Waals surface area contributed by atoms with Crippen molar-refractivity contribution in [2.75, 3.05) is 0 Å². The van der Waals surface area contributed by atoms with Gasteiger partial charge in [0, 0.05) is 11.9 Å². The molecule has 4 aromatic rings. The van der Waals surface area contributed by atoms with E-state index in [1.807, 2.05) is 30.3 Å². The maximum absolute atomic E-state index is 12.9. The third-order valence-electron chi connectivity index (χ3n) is 4.71. The molecule has 154 valence electrons. The van der Waals surface area contributed by atoms with Crippen LogP contribution in [0.5, 0.6) is 0 Å². The molecule has 1 amide bonds. The summed E-state index contributed by atoms with van der Waals surface area (Å²) in [6, 6.07) is 14.6. The molecule has 3 aromatic heterocycles. The molecule has 0 fully saturated rings. The number of carbonyl (C=O) groups is 1. The minimum atomic E-state index is -4.27. The second kappa shape index (κ2) is 7.58. The molecule has 0 aliphatic rings. The first-order valence-electron chi connectivity index (χ1n) is 9.05. The van der Waals surface area contributed by atoms with Crippen LogP contribution in [-0.4, -0.2) is 33.5 Å². The Labute approximate surface area is 178 Å². The van der Waals surface area contributed by atoms with Gasteiger partial charge in [0.2, 0.25) is 0 Å². The molecule has 4 rings (SSSR count). The van der Waals surface area contributed by atoms with Gasteiger partial charge in [-0.3, -0.25) is 13.9 Å². The lowest BCUT2D eigenvalue weighted by molar-refractivity contribution is 0.0980. The molecule has 0 atom stereocenters.